The number of carbonyl (C=O) groups excluding carboxylic acids is 1. The maximum atomic E-state index is 13.7. The van der Waals surface area contributed by atoms with Crippen LogP contribution in [0.2, 0.25) is 0 Å². The number of piperazine rings is 1. The summed E-state index contributed by atoms with van der Waals surface area (Å²) < 4.78 is 28.0. The summed E-state index contributed by atoms with van der Waals surface area (Å²) in [5, 5.41) is 2.04. The molecule has 6 nitrogen and oxygen atoms in total. The van der Waals surface area contributed by atoms with E-state index in [1.54, 1.807) is 29.5 Å². The number of rotatable bonds is 8. The molecular weight excluding hydrogens is 466 g/mol. The second-order valence-corrected chi connectivity index (χ2v) is 11.8. The van der Waals surface area contributed by atoms with Crippen molar-refractivity contribution in [2.24, 2.45) is 0 Å². The van der Waals surface area contributed by atoms with Gasteiger partial charge in [0.25, 0.3) is 5.91 Å². The number of hydrogen-bond acceptors (Lipinski definition) is 5. The second kappa shape index (κ2) is 10.8. The smallest absolute Gasteiger partial charge is 0.254 e. The lowest BCUT2D eigenvalue weighted by Crippen LogP contribution is -2.47. The molecule has 0 unspecified atom stereocenters. The van der Waals surface area contributed by atoms with E-state index < -0.39 is 10.0 Å². The minimum Gasteiger partial charge on any atom is -0.331 e. The number of carbonyl (C=O) groups is 1. The fourth-order valence-corrected chi connectivity index (χ4v) is 6.47. The van der Waals surface area contributed by atoms with Crippen LogP contribution < -0.4 is 0 Å². The molecule has 1 saturated heterocycles. The van der Waals surface area contributed by atoms with Gasteiger partial charge in [-0.15, -0.1) is 11.3 Å². The molecule has 0 saturated carbocycles. The number of hydrogen-bond donors (Lipinski definition) is 0. The Hall–Kier alpha value is -2.52. The van der Waals surface area contributed by atoms with Crippen molar-refractivity contribution in [2.45, 2.75) is 30.8 Å². The molecule has 0 aliphatic carbocycles. The summed E-state index contributed by atoms with van der Waals surface area (Å²) in [5.41, 5.74) is 1.43. The van der Waals surface area contributed by atoms with Gasteiger partial charge in [-0.1, -0.05) is 42.5 Å². The second-order valence-electron chi connectivity index (χ2n) is 8.79. The number of sulfonamides is 1. The van der Waals surface area contributed by atoms with Gasteiger partial charge < -0.3 is 9.80 Å². The quantitative estimate of drug-likeness (QED) is 0.473. The van der Waals surface area contributed by atoms with Crippen molar-refractivity contribution in [3.05, 3.63) is 88.1 Å². The summed E-state index contributed by atoms with van der Waals surface area (Å²) >= 11 is 1.68. The standard InChI is InChI=1S/C26H31N3O3S2/c1-21(18-24-11-7-17-33-24)29(20-22-8-4-3-5-9-22)26(30)23-10-6-12-25(19-23)34(31,32)28-15-13-27(2)14-16-28/h3-12,17,19,21H,13-16,18,20H2,1-2H3/t21-/m1/s1. The third-order valence-corrected chi connectivity index (χ3v) is 9.04. The lowest BCUT2D eigenvalue weighted by molar-refractivity contribution is 0.0675. The highest BCUT2D eigenvalue weighted by Gasteiger charge is 2.29. The van der Waals surface area contributed by atoms with Crippen molar-refractivity contribution < 1.29 is 13.2 Å². The maximum absolute atomic E-state index is 13.7. The molecule has 2 heterocycles. The van der Waals surface area contributed by atoms with Crippen molar-refractivity contribution in [3.63, 3.8) is 0 Å². The van der Waals surface area contributed by atoms with Crippen LogP contribution in [0.25, 0.3) is 0 Å². The predicted octanol–water partition coefficient (Wildman–Crippen LogP) is 3.96. The van der Waals surface area contributed by atoms with E-state index in [1.165, 1.54) is 15.2 Å². The zero-order valence-corrected chi connectivity index (χ0v) is 21.3. The van der Waals surface area contributed by atoms with Crippen LogP contribution in [0.1, 0.15) is 27.7 Å². The minimum atomic E-state index is -3.65. The molecule has 1 aliphatic heterocycles. The third-order valence-electron chi connectivity index (χ3n) is 6.25. The topological polar surface area (TPSA) is 60.9 Å². The zero-order valence-electron chi connectivity index (χ0n) is 19.6. The molecule has 0 radical (unpaired) electrons. The first-order chi connectivity index (χ1) is 16.3. The van der Waals surface area contributed by atoms with Crippen LogP contribution in [0.5, 0.6) is 0 Å². The highest BCUT2D eigenvalue weighted by atomic mass is 32.2. The van der Waals surface area contributed by atoms with Gasteiger partial charge in [0, 0.05) is 55.6 Å². The van der Waals surface area contributed by atoms with Crippen molar-refractivity contribution in [1.82, 2.24) is 14.1 Å². The molecule has 1 fully saturated rings. The van der Waals surface area contributed by atoms with Crippen LogP contribution in [-0.2, 0) is 23.0 Å². The predicted molar refractivity (Wildman–Crippen MR) is 136 cm³/mol. The monoisotopic (exact) mass is 497 g/mol. The largest absolute Gasteiger partial charge is 0.331 e. The molecule has 1 aliphatic rings. The Bertz CT molecular complexity index is 1190. The van der Waals surface area contributed by atoms with Gasteiger partial charge in [-0.2, -0.15) is 4.31 Å². The van der Waals surface area contributed by atoms with E-state index in [2.05, 4.69) is 11.0 Å². The van der Waals surface area contributed by atoms with Crippen LogP contribution in [0.3, 0.4) is 0 Å². The average molecular weight is 498 g/mol. The van der Waals surface area contributed by atoms with Gasteiger partial charge in [-0.3, -0.25) is 4.79 Å². The van der Waals surface area contributed by atoms with E-state index in [0.717, 1.165) is 12.0 Å². The Kier molecular flexibility index (Phi) is 7.83. The molecular formula is C26H31N3O3S2. The molecule has 1 amide bonds. The van der Waals surface area contributed by atoms with E-state index in [0.29, 0.717) is 38.3 Å². The summed E-state index contributed by atoms with van der Waals surface area (Å²) in [6.45, 7) is 4.81. The Morgan fingerprint density at radius 2 is 1.74 bits per heavy atom. The highest BCUT2D eigenvalue weighted by Crippen LogP contribution is 2.22. The first-order valence-corrected chi connectivity index (χ1v) is 13.8. The third kappa shape index (κ3) is 5.75. The van der Waals surface area contributed by atoms with E-state index in [4.69, 9.17) is 0 Å². The highest BCUT2D eigenvalue weighted by molar-refractivity contribution is 7.89. The van der Waals surface area contributed by atoms with Crippen LogP contribution in [-0.4, -0.2) is 67.7 Å². The number of amides is 1. The Balaban J connectivity index is 1.60. The summed E-state index contributed by atoms with van der Waals surface area (Å²) in [5.74, 6) is -0.164. The molecule has 1 atom stereocenters. The normalized spacial score (nSPS) is 16.3. The molecule has 34 heavy (non-hydrogen) atoms. The fourth-order valence-electron chi connectivity index (χ4n) is 4.17. The first-order valence-electron chi connectivity index (χ1n) is 11.5. The molecule has 0 bridgehead atoms. The van der Waals surface area contributed by atoms with Crippen molar-refractivity contribution in [1.29, 1.82) is 0 Å². The summed E-state index contributed by atoms with van der Waals surface area (Å²) in [6, 6.07) is 20.4. The van der Waals surface area contributed by atoms with Gasteiger partial charge in [0.1, 0.15) is 0 Å². The Morgan fingerprint density at radius 3 is 2.41 bits per heavy atom. The number of nitrogens with zero attached hydrogens (tertiary/aromatic N) is 3. The van der Waals surface area contributed by atoms with Gasteiger partial charge in [0.2, 0.25) is 10.0 Å². The molecule has 4 rings (SSSR count). The Morgan fingerprint density at radius 1 is 1.00 bits per heavy atom. The van der Waals surface area contributed by atoms with Crippen LogP contribution in [0.15, 0.2) is 77.0 Å². The van der Waals surface area contributed by atoms with Crippen LogP contribution in [0.4, 0.5) is 0 Å². The van der Waals surface area contributed by atoms with E-state index in [-0.39, 0.29) is 16.8 Å². The number of likely N-dealkylation sites (N-methyl/N-ethyl adjacent to an activating group) is 1. The van der Waals surface area contributed by atoms with Gasteiger partial charge in [0.15, 0.2) is 0 Å². The van der Waals surface area contributed by atoms with Gasteiger partial charge >= 0.3 is 0 Å². The van der Waals surface area contributed by atoms with Crippen molar-refractivity contribution in [2.75, 3.05) is 33.2 Å². The van der Waals surface area contributed by atoms with Crippen molar-refractivity contribution >= 4 is 27.3 Å². The first kappa shape index (κ1) is 24.6. The van der Waals surface area contributed by atoms with Crippen LogP contribution in [0, 0.1) is 0 Å². The molecule has 180 valence electrons. The Labute approximate surface area is 206 Å². The van der Waals surface area contributed by atoms with Crippen LogP contribution >= 0.6 is 11.3 Å². The summed E-state index contributed by atoms with van der Waals surface area (Å²) in [6.07, 6.45) is 0.746. The summed E-state index contributed by atoms with van der Waals surface area (Å²) in [4.78, 5) is 19.1. The zero-order chi connectivity index (χ0) is 24.1. The SMILES string of the molecule is C[C@H](Cc1cccs1)N(Cc1ccccc1)C(=O)c1cccc(S(=O)(=O)N2CCN(C)CC2)c1. The molecule has 0 N–H and O–H groups in total. The molecule has 0 spiro atoms. The number of benzene rings is 2. The van der Waals surface area contributed by atoms with Gasteiger partial charge in [0.05, 0.1) is 4.90 Å². The molecule has 8 heteroatoms. The summed E-state index contributed by atoms with van der Waals surface area (Å²) in [7, 11) is -1.66. The van der Waals surface area contributed by atoms with E-state index in [9.17, 15) is 13.2 Å². The lowest BCUT2D eigenvalue weighted by atomic mass is 10.1. The van der Waals surface area contributed by atoms with Crippen molar-refractivity contribution in [3.8, 4) is 0 Å². The van der Waals surface area contributed by atoms with Gasteiger partial charge in [-0.25, -0.2) is 8.42 Å². The minimum absolute atomic E-state index is 0.0516. The van der Waals surface area contributed by atoms with E-state index in [1.807, 2.05) is 60.6 Å². The lowest BCUT2D eigenvalue weighted by Gasteiger charge is -2.32. The molecule has 1 aromatic heterocycles. The molecule has 2 aromatic carbocycles. The number of thiophene rings is 1. The maximum Gasteiger partial charge on any atom is 0.254 e. The fraction of sp³-hybridized carbons (Fsp3) is 0.346. The van der Waals surface area contributed by atoms with E-state index >= 15 is 0 Å². The average Bonchev–Trinajstić information content (AvgIpc) is 3.36. The molecule has 3 aromatic rings. The van der Waals surface area contributed by atoms with Gasteiger partial charge in [-0.05, 0) is 49.2 Å².